The van der Waals surface area contributed by atoms with E-state index in [1.807, 2.05) is 36.4 Å². The van der Waals surface area contributed by atoms with Crippen LogP contribution < -0.4 is 4.74 Å². The first kappa shape index (κ1) is 16.7. The number of carbonyl (C=O) groups is 2. The van der Waals surface area contributed by atoms with Gasteiger partial charge in [-0.15, -0.1) is 0 Å². The lowest BCUT2D eigenvalue weighted by Crippen LogP contribution is -2.05. The predicted octanol–water partition coefficient (Wildman–Crippen LogP) is 3.06. The molecule has 1 N–H and O–H groups in total. The SMILES string of the molecule is COC(=O)Cc1[nH]nc2cccc(OCc3cccc(C(C)=O)c3)c12. The monoisotopic (exact) mass is 338 g/mol. The highest BCUT2D eigenvalue weighted by atomic mass is 16.5. The fourth-order valence-corrected chi connectivity index (χ4v) is 2.61. The molecule has 0 bridgehead atoms. The van der Waals surface area contributed by atoms with Crippen molar-refractivity contribution in [3.8, 4) is 5.75 Å². The number of hydrogen-bond acceptors (Lipinski definition) is 5. The number of carbonyl (C=O) groups excluding carboxylic acids is 2. The van der Waals surface area contributed by atoms with E-state index in [9.17, 15) is 9.59 Å². The first-order valence-electron chi connectivity index (χ1n) is 7.84. The molecule has 0 amide bonds. The Hall–Kier alpha value is -3.15. The molecule has 1 aromatic heterocycles. The zero-order chi connectivity index (χ0) is 17.8. The number of ketones is 1. The average Bonchev–Trinajstić information content (AvgIpc) is 3.03. The molecule has 0 atom stereocenters. The number of esters is 1. The number of nitrogens with zero attached hydrogens (tertiary/aromatic N) is 1. The molecule has 3 rings (SSSR count). The Morgan fingerprint density at radius 2 is 1.96 bits per heavy atom. The molecular formula is C19H18N2O4. The Kier molecular flexibility index (Phi) is 4.79. The summed E-state index contributed by atoms with van der Waals surface area (Å²) < 4.78 is 10.6. The Morgan fingerprint density at radius 3 is 2.72 bits per heavy atom. The van der Waals surface area contributed by atoms with Crippen molar-refractivity contribution in [2.24, 2.45) is 0 Å². The summed E-state index contributed by atoms with van der Waals surface area (Å²) in [5, 5.41) is 7.83. The van der Waals surface area contributed by atoms with Gasteiger partial charge in [-0.25, -0.2) is 0 Å². The molecule has 0 fully saturated rings. The van der Waals surface area contributed by atoms with Gasteiger partial charge < -0.3 is 9.47 Å². The first-order valence-corrected chi connectivity index (χ1v) is 7.84. The number of rotatable bonds is 6. The third-order valence-electron chi connectivity index (χ3n) is 3.89. The van der Waals surface area contributed by atoms with Crippen molar-refractivity contribution in [3.63, 3.8) is 0 Å². The fourth-order valence-electron chi connectivity index (χ4n) is 2.61. The van der Waals surface area contributed by atoms with Crippen LogP contribution in [-0.2, 0) is 22.6 Å². The lowest BCUT2D eigenvalue weighted by atomic mass is 10.1. The highest BCUT2D eigenvalue weighted by molar-refractivity contribution is 5.94. The van der Waals surface area contributed by atoms with Crippen molar-refractivity contribution < 1.29 is 19.1 Å². The molecule has 0 spiro atoms. The summed E-state index contributed by atoms with van der Waals surface area (Å²) in [5.41, 5.74) is 2.90. The van der Waals surface area contributed by atoms with Gasteiger partial charge in [-0.2, -0.15) is 5.10 Å². The van der Waals surface area contributed by atoms with Gasteiger partial charge in [-0.05, 0) is 30.7 Å². The quantitative estimate of drug-likeness (QED) is 0.552. The van der Waals surface area contributed by atoms with Crippen LogP contribution in [0.25, 0.3) is 10.9 Å². The van der Waals surface area contributed by atoms with Crippen molar-refractivity contribution in [1.29, 1.82) is 0 Å². The number of aromatic nitrogens is 2. The van der Waals surface area contributed by atoms with Crippen LogP contribution in [-0.4, -0.2) is 29.1 Å². The Labute approximate surface area is 144 Å². The molecule has 0 aliphatic heterocycles. The van der Waals surface area contributed by atoms with Gasteiger partial charge in [0, 0.05) is 5.56 Å². The molecule has 25 heavy (non-hydrogen) atoms. The maximum Gasteiger partial charge on any atom is 0.311 e. The van der Waals surface area contributed by atoms with E-state index in [1.165, 1.54) is 14.0 Å². The minimum Gasteiger partial charge on any atom is -0.488 e. The molecular weight excluding hydrogens is 320 g/mol. The van der Waals surface area contributed by atoms with Crippen molar-refractivity contribution in [3.05, 3.63) is 59.3 Å². The van der Waals surface area contributed by atoms with Crippen molar-refractivity contribution in [2.45, 2.75) is 20.0 Å². The number of H-pyrrole nitrogens is 1. The Morgan fingerprint density at radius 1 is 1.16 bits per heavy atom. The van der Waals surface area contributed by atoms with Crippen molar-refractivity contribution in [1.82, 2.24) is 10.2 Å². The summed E-state index contributed by atoms with van der Waals surface area (Å²) in [6, 6.07) is 12.8. The summed E-state index contributed by atoms with van der Waals surface area (Å²) in [5.74, 6) is 0.284. The van der Waals surface area contributed by atoms with Crippen LogP contribution in [0.1, 0.15) is 28.5 Å². The number of fused-ring (bicyclic) bond motifs is 1. The van der Waals surface area contributed by atoms with Gasteiger partial charge >= 0.3 is 5.97 Å². The van der Waals surface area contributed by atoms with Crippen LogP contribution in [0.15, 0.2) is 42.5 Å². The molecule has 128 valence electrons. The summed E-state index contributed by atoms with van der Waals surface area (Å²) in [6.45, 7) is 1.84. The van der Waals surface area contributed by atoms with Crippen molar-refractivity contribution in [2.75, 3.05) is 7.11 Å². The van der Waals surface area contributed by atoms with Gasteiger partial charge in [-0.1, -0.05) is 24.3 Å². The van der Waals surface area contributed by atoms with Gasteiger partial charge in [0.05, 0.1) is 30.1 Å². The summed E-state index contributed by atoms with van der Waals surface area (Å²) in [4.78, 5) is 23.1. The zero-order valence-corrected chi connectivity index (χ0v) is 14.0. The van der Waals surface area contributed by atoms with E-state index in [0.717, 1.165) is 10.9 Å². The largest absolute Gasteiger partial charge is 0.488 e. The molecule has 0 radical (unpaired) electrons. The Balaban J connectivity index is 1.86. The molecule has 0 saturated carbocycles. The second kappa shape index (κ2) is 7.17. The lowest BCUT2D eigenvalue weighted by Gasteiger charge is -2.09. The zero-order valence-electron chi connectivity index (χ0n) is 14.0. The molecule has 1 heterocycles. The molecule has 3 aromatic rings. The third kappa shape index (κ3) is 3.68. The maximum atomic E-state index is 11.6. The standard InChI is InChI=1S/C19H18N2O4/c1-12(22)14-6-3-5-13(9-14)11-25-17-8-4-7-15-19(17)16(21-20-15)10-18(23)24-2/h3-9H,10-11H2,1-2H3,(H,20,21). The van der Waals surface area contributed by atoms with E-state index in [2.05, 4.69) is 10.2 Å². The fraction of sp³-hybridized carbons (Fsp3) is 0.211. The number of aromatic amines is 1. The van der Waals surface area contributed by atoms with Crippen LogP contribution in [0.5, 0.6) is 5.75 Å². The molecule has 2 aromatic carbocycles. The predicted molar refractivity (Wildman–Crippen MR) is 92.6 cm³/mol. The number of benzene rings is 2. The number of hydrogen-bond donors (Lipinski definition) is 1. The van der Waals surface area contributed by atoms with Gasteiger partial charge in [0.25, 0.3) is 0 Å². The van der Waals surface area contributed by atoms with Crippen LogP contribution in [0.4, 0.5) is 0 Å². The van der Waals surface area contributed by atoms with Crippen LogP contribution in [0.2, 0.25) is 0 Å². The lowest BCUT2D eigenvalue weighted by molar-refractivity contribution is -0.139. The smallest absolute Gasteiger partial charge is 0.311 e. The van der Waals surface area contributed by atoms with E-state index in [0.29, 0.717) is 29.1 Å². The van der Waals surface area contributed by atoms with Gasteiger partial charge in [0.15, 0.2) is 5.78 Å². The average molecular weight is 338 g/mol. The van der Waals surface area contributed by atoms with Gasteiger partial charge in [0.2, 0.25) is 0 Å². The third-order valence-corrected chi connectivity index (χ3v) is 3.89. The van der Waals surface area contributed by atoms with E-state index in [1.54, 1.807) is 6.07 Å². The maximum absolute atomic E-state index is 11.6. The molecule has 0 saturated heterocycles. The van der Waals surface area contributed by atoms with E-state index in [-0.39, 0.29) is 18.2 Å². The number of ether oxygens (including phenoxy) is 2. The molecule has 6 heteroatoms. The Bertz CT molecular complexity index is 930. The van der Waals surface area contributed by atoms with Crippen LogP contribution in [0, 0.1) is 0 Å². The normalized spacial score (nSPS) is 10.6. The highest BCUT2D eigenvalue weighted by Crippen LogP contribution is 2.28. The number of Topliss-reactive ketones (excluding diaryl/α,β-unsaturated/α-hetero) is 1. The number of methoxy groups -OCH3 is 1. The molecule has 0 unspecified atom stereocenters. The summed E-state index contributed by atoms with van der Waals surface area (Å²) in [7, 11) is 1.35. The first-order chi connectivity index (χ1) is 12.1. The van der Waals surface area contributed by atoms with Crippen molar-refractivity contribution >= 4 is 22.7 Å². The van der Waals surface area contributed by atoms with E-state index < -0.39 is 0 Å². The summed E-state index contributed by atoms with van der Waals surface area (Å²) in [6.07, 6.45) is 0.0905. The molecule has 6 nitrogen and oxygen atoms in total. The van der Waals surface area contributed by atoms with E-state index >= 15 is 0 Å². The van der Waals surface area contributed by atoms with Gasteiger partial charge in [-0.3, -0.25) is 14.7 Å². The second-order valence-electron chi connectivity index (χ2n) is 5.65. The second-order valence-corrected chi connectivity index (χ2v) is 5.65. The molecule has 0 aliphatic carbocycles. The topological polar surface area (TPSA) is 81.3 Å². The highest BCUT2D eigenvalue weighted by Gasteiger charge is 2.14. The summed E-state index contributed by atoms with van der Waals surface area (Å²) >= 11 is 0. The number of nitrogens with one attached hydrogen (secondary N) is 1. The minimum atomic E-state index is -0.352. The van der Waals surface area contributed by atoms with E-state index in [4.69, 9.17) is 9.47 Å². The molecule has 0 aliphatic rings. The van der Waals surface area contributed by atoms with Gasteiger partial charge in [0.1, 0.15) is 12.4 Å². The minimum absolute atomic E-state index is 0.0131. The van der Waals surface area contributed by atoms with Crippen LogP contribution >= 0.6 is 0 Å². The van der Waals surface area contributed by atoms with Crippen LogP contribution in [0.3, 0.4) is 0 Å².